The molecular formula is C14H16N4O3. The number of aromatic nitrogens is 3. The van der Waals surface area contributed by atoms with Crippen molar-refractivity contribution in [3.63, 3.8) is 0 Å². The quantitative estimate of drug-likeness (QED) is 0.888. The maximum atomic E-state index is 12.2. The molecule has 1 unspecified atom stereocenters. The van der Waals surface area contributed by atoms with Crippen molar-refractivity contribution < 1.29 is 14.7 Å². The first-order chi connectivity index (χ1) is 9.99. The van der Waals surface area contributed by atoms with Gasteiger partial charge in [-0.25, -0.2) is 4.68 Å². The lowest BCUT2D eigenvalue weighted by Gasteiger charge is -2.17. The third kappa shape index (κ3) is 3.44. The lowest BCUT2D eigenvalue weighted by atomic mass is 10.2. The molecule has 1 heterocycles. The molecule has 7 nitrogen and oxygen atoms in total. The van der Waals surface area contributed by atoms with Gasteiger partial charge in [-0.05, 0) is 12.1 Å². The van der Waals surface area contributed by atoms with Crippen LogP contribution in [0.2, 0.25) is 0 Å². The van der Waals surface area contributed by atoms with Crippen LogP contribution in [-0.4, -0.2) is 50.5 Å². The number of nitrogens with zero attached hydrogens (tertiary/aromatic N) is 4. The van der Waals surface area contributed by atoms with Crippen molar-refractivity contribution >= 4 is 11.9 Å². The van der Waals surface area contributed by atoms with Gasteiger partial charge < -0.3 is 10.0 Å². The number of carbonyl (C=O) groups is 2. The highest BCUT2D eigenvalue weighted by atomic mass is 16.4. The first-order valence-corrected chi connectivity index (χ1v) is 6.45. The summed E-state index contributed by atoms with van der Waals surface area (Å²) in [5.41, 5.74) is 0.976. The summed E-state index contributed by atoms with van der Waals surface area (Å²) in [6.45, 7) is 1.67. The standard InChI is InChI=1S/C14H16N4O3/c1-10(14(20)21)8-17(2)13(19)12-9-18(16-15-12)11-6-4-3-5-7-11/h3-7,9-10H,8H2,1-2H3,(H,20,21). The van der Waals surface area contributed by atoms with Gasteiger partial charge in [0, 0.05) is 13.6 Å². The lowest BCUT2D eigenvalue weighted by molar-refractivity contribution is -0.141. The molecule has 110 valence electrons. The highest BCUT2D eigenvalue weighted by molar-refractivity contribution is 5.92. The van der Waals surface area contributed by atoms with Gasteiger partial charge in [0.1, 0.15) is 0 Å². The largest absolute Gasteiger partial charge is 0.481 e. The summed E-state index contributed by atoms with van der Waals surface area (Å²) in [7, 11) is 1.54. The number of carboxylic acid groups (broad SMARTS) is 1. The number of carbonyl (C=O) groups excluding carboxylic acids is 1. The van der Waals surface area contributed by atoms with Gasteiger partial charge in [0.25, 0.3) is 5.91 Å². The molecule has 1 atom stereocenters. The van der Waals surface area contributed by atoms with Crippen LogP contribution in [-0.2, 0) is 4.79 Å². The van der Waals surface area contributed by atoms with Crippen LogP contribution in [0.3, 0.4) is 0 Å². The normalized spacial score (nSPS) is 11.9. The molecule has 0 bridgehead atoms. The van der Waals surface area contributed by atoms with Crippen LogP contribution in [0, 0.1) is 5.92 Å². The number of hydrogen-bond acceptors (Lipinski definition) is 4. The number of amides is 1. The van der Waals surface area contributed by atoms with Gasteiger partial charge in [-0.15, -0.1) is 5.10 Å². The number of rotatable bonds is 5. The number of benzene rings is 1. The van der Waals surface area contributed by atoms with E-state index >= 15 is 0 Å². The molecule has 7 heteroatoms. The highest BCUT2D eigenvalue weighted by Crippen LogP contribution is 2.08. The zero-order valence-electron chi connectivity index (χ0n) is 11.8. The molecule has 1 amide bonds. The Kier molecular flexibility index (Phi) is 4.32. The second-order valence-electron chi connectivity index (χ2n) is 4.81. The van der Waals surface area contributed by atoms with Crippen molar-refractivity contribution in [2.24, 2.45) is 5.92 Å². The third-order valence-electron chi connectivity index (χ3n) is 3.05. The maximum Gasteiger partial charge on any atom is 0.308 e. The third-order valence-corrected chi connectivity index (χ3v) is 3.05. The summed E-state index contributed by atoms with van der Waals surface area (Å²) in [5.74, 6) is -1.93. The predicted molar refractivity (Wildman–Crippen MR) is 75.1 cm³/mol. The van der Waals surface area contributed by atoms with Crippen LogP contribution in [0.1, 0.15) is 17.4 Å². The molecule has 21 heavy (non-hydrogen) atoms. The van der Waals surface area contributed by atoms with Gasteiger partial charge in [0.15, 0.2) is 5.69 Å². The zero-order chi connectivity index (χ0) is 15.4. The van der Waals surface area contributed by atoms with E-state index in [0.717, 1.165) is 5.69 Å². The van der Waals surface area contributed by atoms with E-state index in [9.17, 15) is 9.59 Å². The average Bonchev–Trinajstić information content (AvgIpc) is 2.96. The number of hydrogen-bond donors (Lipinski definition) is 1. The van der Waals surface area contributed by atoms with Crippen LogP contribution < -0.4 is 0 Å². The number of carboxylic acids is 1. The maximum absolute atomic E-state index is 12.2. The Balaban J connectivity index is 2.10. The fraction of sp³-hybridized carbons (Fsp3) is 0.286. The average molecular weight is 288 g/mol. The molecule has 1 aromatic heterocycles. The minimum absolute atomic E-state index is 0.117. The van der Waals surface area contributed by atoms with Crippen molar-refractivity contribution in [1.29, 1.82) is 0 Å². The number of para-hydroxylation sites is 1. The Morgan fingerprint density at radius 1 is 1.33 bits per heavy atom. The second kappa shape index (κ2) is 6.17. The highest BCUT2D eigenvalue weighted by Gasteiger charge is 2.20. The molecule has 2 rings (SSSR count). The fourth-order valence-electron chi connectivity index (χ4n) is 1.84. The molecule has 2 aromatic rings. The summed E-state index contributed by atoms with van der Waals surface area (Å²) < 4.78 is 1.50. The lowest BCUT2D eigenvalue weighted by Crippen LogP contribution is -2.33. The molecule has 0 radical (unpaired) electrons. The molecule has 0 spiro atoms. The zero-order valence-corrected chi connectivity index (χ0v) is 11.8. The summed E-state index contributed by atoms with van der Waals surface area (Å²) in [6.07, 6.45) is 1.53. The predicted octanol–water partition coefficient (Wildman–Crippen LogP) is 1.06. The molecule has 0 aliphatic rings. The molecule has 1 N–H and O–H groups in total. The molecule has 0 saturated carbocycles. The monoisotopic (exact) mass is 288 g/mol. The van der Waals surface area contributed by atoms with E-state index in [1.54, 1.807) is 14.0 Å². The van der Waals surface area contributed by atoms with E-state index < -0.39 is 11.9 Å². The van der Waals surface area contributed by atoms with E-state index in [4.69, 9.17) is 5.11 Å². The SMILES string of the molecule is CC(CN(C)C(=O)c1cn(-c2ccccc2)nn1)C(=O)O. The van der Waals surface area contributed by atoms with Crippen molar-refractivity contribution in [3.05, 3.63) is 42.2 Å². The molecule has 1 aromatic carbocycles. The van der Waals surface area contributed by atoms with Crippen LogP contribution in [0.15, 0.2) is 36.5 Å². The second-order valence-corrected chi connectivity index (χ2v) is 4.81. The molecular weight excluding hydrogens is 272 g/mol. The van der Waals surface area contributed by atoms with Gasteiger partial charge in [-0.3, -0.25) is 9.59 Å². The summed E-state index contributed by atoms with van der Waals surface area (Å²) in [5, 5.41) is 16.6. The first kappa shape index (κ1) is 14.7. The van der Waals surface area contributed by atoms with Crippen molar-refractivity contribution in [2.75, 3.05) is 13.6 Å². The van der Waals surface area contributed by atoms with Gasteiger partial charge >= 0.3 is 5.97 Å². The Hall–Kier alpha value is -2.70. The topological polar surface area (TPSA) is 88.3 Å². The Labute approximate surface area is 121 Å². The van der Waals surface area contributed by atoms with Gasteiger partial charge in [0.2, 0.25) is 0 Å². The summed E-state index contributed by atoms with van der Waals surface area (Å²) >= 11 is 0. The summed E-state index contributed by atoms with van der Waals surface area (Å²) in [4.78, 5) is 24.3. The summed E-state index contributed by atoms with van der Waals surface area (Å²) in [6, 6.07) is 9.30. The van der Waals surface area contributed by atoms with Crippen LogP contribution in [0.25, 0.3) is 5.69 Å². The van der Waals surface area contributed by atoms with Crippen LogP contribution in [0.4, 0.5) is 0 Å². The number of aliphatic carboxylic acids is 1. The van der Waals surface area contributed by atoms with E-state index in [2.05, 4.69) is 10.3 Å². The van der Waals surface area contributed by atoms with Crippen molar-refractivity contribution in [1.82, 2.24) is 19.9 Å². The van der Waals surface area contributed by atoms with Gasteiger partial charge in [-0.2, -0.15) is 0 Å². The molecule has 0 saturated heterocycles. The van der Waals surface area contributed by atoms with Crippen molar-refractivity contribution in [2.45, 2.75) is 6.92 Å². The fourth-order valence-corrected chi connectivity index (χ4v) is 1.84. The molecule has 0 aliphatic carbocycles. The van der Waals surface area contributed by atoms with E-state index in [-0.39, 0.29) is 18.1 Å². The minimum Gasteiger partial charge on any atom is -0.481 e. The van der Waals surface area contributed by atoms with E-state index in [0.29, 0.717) is 0 Å². The Morgan fingerprint density at radius 3 is 2.62 bits per heavy atom. The minimum atomic E-state index is -0.942. The van der Waals surface area contributed by atoms with Crippen LogP contribution in [0.5, 0.6) is 0 Å². The van der Waals surface area contributed by atoms with Gasteiger partial charge in [0.05, 0.1) is 17.8 Å². The molecule has 0 aliphatic heterocycles. The smallest absolute Gasteiger partial charge is 0.308 e. The Bertz CT molecular complexity index is 639. The van der Waals surface area contributed by atoms with Crippen molar-refractivity contribution in [3.8, 4) is 5.69 Å². The molecule has 0 fully saturated rings. The van der Waals surface area contributed by atoms with Gasteiger partial charge in [-0.1, -0.05) is 30.3 Å². The van der Waals surface area contributed by atoms with E-state index in [1.165, 1.54) is 15.8 Å². The van der Waals surface area contributed by atoms with E-state index in [1.807, 2.05) is 30.3 Å². The Morgan fingerprint density at radius 2 is 2.00 bits per heavy atom. The first-order valence-electron chi connectivity index (χ1n) is 6.45. The van der Waals surface area contributed by atoms with Crippen LogP contribution >= 0.6 is 0 Å².